The van der Waals surface area contributed by atoms with Crippen LogP contribution in [0.25, 0.3) is 0 Å². The van der Waals surface area contributed by atoms with Crippen LogP contribution in [-0.4, -0.2) is 29.9 Å². The molecule has 26 heavy (non-hydrogen) atoms. The van der Waals surface area contributed by atoms with Crippen molar-refractivity contribution in [2.24, 2.45) is 23.2 Å². The Kier molecular flexibility index (Phi) is 4.37. The molecule has 2 N–H and O–H groups in total. The molecule has 4 aliphatic carbocycles. The molecule has 1 atom stereocenters. The molecule has 1 aromatic rings. The van der Waals surface area contributed by atoms with Gasteiger partial charge in [-0.1, -0.05) is 0 Å². The second-order valence-corrected chi connectivity index (χ2v) is 8.47. The van der Waals surface area contributed by atoms with Crippen LogP contribution < -0.4 is 15.4 Å². The number of carbonyl (C=O) groups is 2. The first-order chi connectivity index (χ1) is 12.5. The number of ether oxygens (including phenoxy) is 1. The van der Waals surface area contributed by atoms with Gasteiger partial charge in [0.15, 0.2) is 0 Å². The molecule has 2 amide bonds. The summed E-state index contributed by atoms with van der Waals surface area (Å²) in [6.45, 7) is 1.74. The summed E-state index contributed by atoms with van der Waals surface area (Å²) in [5.41, 5.74) is 0.358. The van der Waals surface area contributed by atoms with E-state index in [4.69, 9.17) is 4.74 Å². The van der Waals surface area contributed by atoms with Crippen LogP contribution in [0.15, 0.2) is 18.3 Å². The number of nitrogens with one attached hydrogen (secondary N) is 2. The van der Waals surface area contributed by atoms with Crippen molar-refractivity contribution in [1.82, 2.24) is 10.3 Å². The number of hydrogen-bond donors (Lipinski definition) is 2. The van der Waals surface area contributed by atoms with Gasteiger partial charge in [-0.25, -0.2) is 4.98 Å². The van der Waals surface area contributed by atoms with Gasteiger partial charge in [0.25, 0.3) is 0 Å². The van der Waals surface area contributed by atoms with Gasteiger partial charge >= 0.3 is 0 Å². The van der Waals surface area contributed by atoms with Gasteiger partial charge in [0.1, 0.15) is 6.04 Å². The minimum absolute atomic E-state index is 0.0760. The first kappa shape index (κ1) is 17.3. The fourth-order valence-corrected chi connectivity index (χ4v) is 5.63. The summed E-state index contributed by atoms with van der Waals surface area (Å²) < 4.78 is 5.01. The van der Waals surface area contributed by atoms with E-state index in [1.54, 1.807) is 32.4 Å². The van der Waals surface area contributed by atoms with Gasteiger partial charge in [0.2, 0.25) is 17.7 Å². The van der Waals surface area contributed by atoms with Crippen LogP contribution in [0.3, 0.4) is 0 Å². The Labute approximate surface area is 154 Å². The second kappa shape index (κ2) is 6.56. The Balaban J connectivity index is 1.37. The van der Waals surface area contributed by atoms with Gasteiger partial charge in [0, 0.05) is 11.5 Å². The molecule has 6 nitrogen and oxygen atoms in total. The summed E-state index contributed by atoms with van der Waals surface area (Å²) in [5, 5.41) is 5.78. The van der Waals surface area contributed by atoms with E-state index < -0.39 is 6.04 Å². The third-order valence-electron chi connectivity index (χ3n) is 6.47. The SMILES string of the molecule is COc1ccc(NC(=O)[C@H](C)NC(=O)C23CC4CC(CC(C4)C2)C3)cn1. The van der Waals surface area contributed by atoms with E-state index >= 15 is 0 Å². The lowest BCUT2D eigenvalue weighted by atomic mass is 9.49. The van der Waals surface area contributed by atoms with E-state index in [2.05, 4.69) is 15.6 Å². The van der Waals surface area contributed by atoms with Crippen molar-refractivity contribution in [3.8, 4) is 5.88 Å². The molecule has 4 fully saturated rings. The summed E-state index contributed by atoms with van der Waals surface area (Å²) in [4.78, 5) is 29.5. The van der Waals surface area contributed by atoms with Gasteiger partial charge in [-0.15, -0.1) is 0 Å². The minimum Gasteiger partial charge on any atom is -0.481 e. The standard InChI is InChI=1S/C20H27N3O3/c1-12(18(24)23-16-3-4-17(26-2)21-11-16)22-19(25)20-8-13-5-14(9-20)7-15(6-13)10-20/h3-4,11-15H,5-10H2,1-2H3,(H,22,25)(H,23,24)/t12-,13?,14?,15?,20?/m0/s1. The molecule has 0 radical (unpaired) electrons. The van der Waals surface area contributed by atoms with Gasteiger partial charge in [-0.05, 0) is 69.3 Å². The van der Waals surface area contributed by atoms with E-state index in [1.165, 1.54) is 19.3 Å². The summed E-state index contributed by atoms with van der Waals surface area (Å²) in [5.74, 6) is 2.47. The van der Waals surface area contributed by atoms with E-state index in [0.717, 1.165) is 19.3 Å². The van der Waals surface area contributed by atoms with Crippen LogP contribution >= 0.6 is 0 Å². The van der Waals surface area contributed by atoms with Crippen LogP contribution in [0, 0.1) is 23.2 Å². The Morgan fingerprint density at radius 3 is 2.27 bits per heavy atom. The highest BCUT2D eigenvalue weighted by Crippen LogP contribution is 2.60. The summed E-state index contributed by atoms with van der Waals surface area (Å²) in [6, 6.07) is 2.85. The van der Waals surface area contributed by atoms with Crippen molar-refractivity contribution in [3.05, 3.63) is 18.3 Å². The van der Waals surface area contributed by atoms with Crippen LogP contribution in [0.1, 0.15) is 45.4 Å². The fraction of sp³-hybridized carbons (Fsp3) is 0.650. The third kappa shape index (κ3) is 3.17. The molecule has 4 aliphatic rings. The predicted octanol–water partition coefficient (Wildman–Crippen LogP) is 2.75. The average molecular weight is 357 g/mol. The highest BCUT2D eigenvalue weighted by Gasteiger charge is 2.54. The van der Waals surface area contributed by atoms with Crippen molar-refractivity contribution in [1.29, 1.82) is 0 Å². The smallest absolute Gasteiger partial charge is 0.246 e. The first-order valence-electron chi connectivity index (χ1n) is 9.59. The van der Waals surface area contributed by atoms with E-state index in [1.807, 2.05) is 0 Å². The lowest BCUT2D eigenvalue weighted by molar-refractivity contribution is -0.147. The van der Waals surface area contributed by atoms with E-state index in [0.29, 0.717) is 29.3 Å². The molecular formula is C20H27N3O3. The first-order valence-corrected chi connectivity index (χ1v) is 9.59. The number of anilines is 1. The van der Waals surface area contributed by atoms with E-state index in [-0.39, 0.29) is 17.2 Å². The van der Waals surface area contributed by atoms with Gasteiger partial charge in [0.05, 0.1) is 19.0 Å². The number of pyridine rings is 1. The molecule has 4 bridgehead atoms. The Hall–Kier alpha value is -2.11. The van der Waals surface area contributed by atoms with Gasteiger partial charge < -0.3 is 15.4 Å². The molecule has 6 heteroatoms. The largest absolute Gasteiger partial charge is 0.481 e. The van der Waals surface area contributed by atoms with Crippen molar-refractivity contribution >= 4 is 17.5 Å². The van der Waals surface area contributed by atoms with Crippen LogP contribution in [0.4, 0.5) is 5.69 Å². The molecule has 140 valence electrons. The number of amides is 2. The van der Waals surface area contributed by atoms with Crippen LogP contribution in [0.2, 0.25) is 0 Å². The van der Waals surface area contributed by atoms with Crippen LogP contribution in [0.5, 0.6) is 5.88 Å². The average Bonchev–Trinajstić information content (AvgIpc) is 2.61. The molecule has 4 saturated carbocycles. The summed E-state index contributed by atoms with van der Waals surface area (Å²) in [6.07, 6.45) is 8.45. The molecule has 0 saturated heterocycles. The third-order valence-corrected chi connectivity index (χ3v) is 6.47. The van der Waals surface area contributed by atoms with Gasteiger partial charge in [-0.3, -0.25) is 9.59 Å². The molecule has 1 heterocycles. The Morgan fingerprint density at radius 1 is 1.15 bits per heavy atom. The van der Waals surface area contributed by atoms with Crippen molar-refractivity contribution in [3.63, 3.8) is 0 Å². The fourth-order valence-electron chi connectivity index (χ4n) is 5.63. The maximum Gasteiger partial charge on any atom is 0.246 e. The summed E-state index contributed by atoms with van der Waals surface area (Å²) >= 11 is 0. The number of methoxy groups -OCH3 is 1. The molecule has 0 aromatic carbocycles. The lowest BCUT2D eigenvalue weighted by Gasteiger charge is -2.55. The second-order valence-electron chi connectivity index (χ2n) is 8.47. The van der Waals surface area contributed by atoms with E-state index in [9.17, 15) is 9.59 Å². The predicted molar refractivity (Wildman–Crippen MR) is 97.6 cm³/mol. The zero-order valence-electron chi connectivity index (χ0n) is 15.5. The maximum absolute atomic E-state index is 13.0. The normalized spacial score (nSPS) is 32.8. The Morgan fingerprint density at radius 2 is 1.77 bits per heavy atom. The molecule has 0 unspecified atom stereocenters. The minimum atomic E-state index is -0.572. The quantitative estimate of drug-likeness (QED) is 0.849. The zero-order valence-corrected chi connectivity index (χ0v) is 15.5. The number of carbonyl (C=O) groups excluding carboxylic acids is 2. The molecular weight excluding hydrogens is 330 g/mol. The molecule has 0 aliphatic heterocycles. The van der Waals surface area contributed by atoms with Gasteiger partial charge in [-0.2, -0.15) is 0 Å². The summed E-state index contributed by atoms with van der Waals surface area (Å²) in [7, 11) is 1.54. The molecule has 0 spiro atoms. The van der Waals surface area contributed by atoms with Crippen molar-refractivity contribution < 1.29 is 14.3 Å². The number of rotatable bonds is 5. The lowest BCUT2D eigenvalue weighted by Crippen LogP contribution is -2.56. The van der Waals surface area contributed by atoms with Crippen molar-refractivity contribution in [2.75, 3.05) is 12.4 Å². The number of hydrogen-bond acceptors (Lipinski definition) is 4. The van der Waals surface area contributed by atoms with Crippen LogP contribution in [-0.2, 0) is 9.59 Å². The zero-order chi connectivity index (χ0) is 18.3. The van der Waals surface area contributed by atoms with Crippen molar-refractivity contribution in [2.45, 2.75) is 51.5 Å². The molecule has 1 aromatic heterocycles. The highest BCUT2D eigenvalue weighted by molar-refractivity contribution is 5.97. The number of aromatic nitrogens is 1. The Bertz CT molecular complexity index is 665. The monoisotopic (exact) mass is 357 g/mol. The molecule has 5 rings (SSSR count). The number of nitrogens with zero attached hydrogens (tertiary/aromatic N) is 1. The maximum atomic E-state index is 13.0. The topological polar surface area (TPSA) is 80.3 Å². The highest BCUT2D eigenvalue weighted by atomic mass is 16.5.